The van der Waals surface area contributed by atoms with Gasteiger partial charge in [-0.2, -0.15) is 0 Å². The number of benzene rings is 3. The fraction of sp³-hybridized carbons (Fsp3) is 0.226. The number of nitrogens with zero attached hydrogens (tertiary/aromatic N) is 5. The Morgan fingerprint density at radius 1 is 0.775 bits per heavy atom. The lowest BCUT2D eigenvalue weighted by Crippen LogP contribution is -2.44. The zero-order chi connectivity index (χ0) is 27.9. The van der Waals surface area contributed by atoms with E-state index in [4.69, 9.17) is 23.2 Å². The highest BCUT2D eigenvalue weighted by Crippen LogP contribution is 2.26. The van der Waals surface area contributed by atoms with Gasteiger partial charge < -0.3 is 14.7 Å². The summed E-state index contributed by atoms with van der Waals surface area (Å²) >= 11 is 12.3. The second kappa shape index (κ2) is 12.9. The first kappa shape index (κ1) is 27.6. The maximum absolute atomic E-state index is 13.5. The van der Waals surface area contributed by atoms with Crippen molar-refractivity contribution in [2.45, 2.75) is 13.0 Å². The number of halogens is 2. The molecule has 1 fully saturated rings. The molecule has 3 aromatic carbocycles. The van der Waals surface area contributed by atoms with Crippen molar-refractivity contribution in [3.05, 3.63) is 112 Å². The van der Waals surface area contributed by atoms with E-state index in [0.29, 0.717) is 47.5 Å². The van der Waals surface area contributed by atoms with E-state index in [1.165, 1.54) is 0 Å². The summed E-state index contributed by atoms with van der Waals surface area (Å²) in [6.07, 6.45) is 0.781. The first-order valence-electron chi connectivity index (χ1n) is 13.2. The number of aromatic nitrogens is 2. The third kappa shape index (κ3) is 6.79. The molecule has 2 amide bonds. The third-order valence-electron chi connectivity index (χ3n) is 6.89. The SMILES string of the molecule is O=C(CN(Cc1ccccc1)C(=O)c1ccc(Cl)cc1)N1CCCN(c2ccc(-c3ccccc3Cl)nn2)CC1. The van der Waals surface area contributed by atoms with Gasteiger partial charge in [-0.15, -0.1) is 10.2 Å². The van der Waals surface area contributed by atoms with E-state index < -0.39 is 0 Å². The molecule has 0 atom stereocenters. The van der Waals surface area contributed by atoms with Crippen LogP contribution >= 0.6 is 23.2 Å². The molecule has 0 radical (unpaired) electrons. The Morgan fingerprint density at radius 3 is 2.25 bits per heavy atom. The van der Waals surface area contributed by atoms with Gasteiger partial charge in [0.2, 0.25) is 5.91 Å². The number of amides is 2. The van der Waals surface area contributed by atoms with Gasteiger partial charge in [0, 0.05) is 48.9 Å². The molecule has 0 aliphatic carbocycles. The Labute approximate surface area is 243 Å². The smallest absolute Gasteiger partial charge is 0.254 e. The van der Waals surface area contributed by atoms with E-state index in [0.717, 1.165) is 29.9 Å². The minimum Gasteiger partial charge on any atom is -0.353 e. The minimum absolute atomic E-state index is 0.0112. The van der Waals surface area contributed by atoms with E-state index in [-0.39, 0.29) is 18.4 Å². The largest absolute Gasteiger partial charge is 0.353 e. The molecular formula is C31H29Cl2N5O2. The predicted octanol–water partition coefficient (Wildman–Crippen LogP) is 5.83. The van der Waals surface area contributed by atoms with E-state index in [2.05, 4.69) is 15.1 Å². The first-order chi connectivity index (χ1) is 19.5. The molecule has 4 aromatic rings. The normalized spacial score (nSPS) is 13.6. The summed E-state index contributed by atoms with van der Waals surface area (Å²) in [5.74, 6) is 0.466. The molecule has 0 unspecified atom stereocenters. The molecule has 9 heteroatoms. The van der Waals surface area contributed by atoms with Gasteiger partial charge in [0.25, 0.3) is 5.91 Å². The lowest BCUT2D eigenvalue weighted by atomic mass is 10.1. The quantitative estimate of drug-likeness (QED) is 0.278. The summed E-state index contributed by atoms with van der Waals surface area (Å²) in [5.41, 5.74) is 3.00. The van der Waals surface area contributed by atoms with E-state index in [1.54, 1.807) is 29.2 Å². The van der Waals surface area contributed by atoms with Crippen molar-refractivity contribution in [1.29, 1.82) is 0 Å². The molecule has 5 rings (SSSR count). The van der Waals surface area contributed by atoms with Gasteiger partial charge in [0.05, 0.1) is 10.7 Å². The van der Waals surface area contributed by atoms with Gasteiger partial charge in [0.1, 0.15) is 6.54 Å². The standard InChI is InChI=1S/C31H29Cl2N5O2/c32-25-13-11-24(12-14-25)31(40)38(21-23-7-2-1-3-8-23)22-30(39)37-18-6-17-36(19-20-37)29-16-15-28(34-35-29)26-9-4-5-10-27(26)33/h1-5,7-16H,6,17-22H2. The van der Waals surface area contributed by atoms with Gasteiger partial charge in [-0.1, -0.05) is 71.7 Å². The van der Waals surface area contributed by atoms with Gasteiger partial charge in [-0.25, -0.2) is 0 Å². The fourth-order valence-electron chi connectivity index (χ4n) is 4.74. The average Bonchev–Trinajstić information content (AvgIpc) is 3.24. The van der Waals surface area contributed by atoms with Gasteiger partial charge in [-0.05, 0) is 54.4 Å². The van der Waals surface area contributed by atoms with E-state index in [1.807, 2.05) is 71.6 Å². The predicted molar refractivity (Wildman–Crippen MR) is 159 cm³/mol. The highest BCUT2D eigenvalue weighted by Gasteiger charge is 2.25. The van der Waals surface area contributed by atoms with Crippen LogP contribution in [0.2, 0.25) is 10.0 Å². The van der Waals surface area contributed by atoms with Crippen LogP contribution in [0, 0.1) is 0 Å². The summed E-state index contributed by atoms with van der Waals surface area (Å²) in [7, 11) is 0. The number of carbonyl (C=O) groups is 2. The molecule has 1 saturated heterocycles. The molecule has 0 N–H and O–H groups in total. The summed E-state index contributed by atoms with van der Waals surface area (Å²) in [5, 5.41) is 10.0. The number of anilines is 1. The number of hydrogen-bond acceptors (Lipinski definition) is 5. The summed E-state index contributed by atoms with van der Waals surface area (Å²) < 4.78 is 0. The Bertz CT molecular complexity index is 1450. The van der Waals surface area contributed by atoms with Crippen molar-refractivity contribution in [1.82, 2.24) is 20.0 Å². The average molecular weight is 575 g/mol. The van der Waals surface area contributed by atoms with Crippen molar-refractivity contribution in [3.8, 4) is 11.3 Å². The molecule has 1 aromatic heterocycles. The van der Waals surface area contributed by atoms with Crippen molar-refractivity contribution < 1.29 is 9.59 Å². The van der Waals surface area contributed by atoms with Crippen LogP contribution in [-0.4, -0.2) is 64.5 Å². The highest BCUT2D eigenvalue weighted by molar-refractivity contribution is 6.33. The zero-order valence-electron chi connectivity index (χ0n) is 21.9. The van der Waals surface area contributed by atoms with Crippen LogP contribution in [0.1, 0.15) is 22.3 Å². The Morgan fingerprint density at radius 2 is 1.52 bits per heavy atom. The molecule has 7 nitrogen and oxygen atoms in total. The van der Waals surface area contributed by atoms with Crippen molar-refractivity contribution >= 4 is 40.8 Å². The molecule has 0 bridgehead atoms. The molecule has 2 heterocycles. The lowest BCUT2D eigenvalue weighted by molar-refractivity contribution is -0.131. The van der Waals surface area contributed by atoms with Crippen LogP contribution in [0.3, 0.4) is 0 Å². The zero-order valence-corrected chi connectivity index (χ0v) is 23.4. The lowest BCUT2D eigenvalue weighted by Gasteiger charge is -2.27. The molecule has 204 valence electrons. The topological polar surface area (TPSA) is 69.6 Å². The van der Waals surface area contributed by atoms with Gasteiger partial charge >= 0.3 is 0 Å². The molecule has 1 aliphatic rings. The van der Waals surface area contributed by atoms with E-state index >= 15 is 0 Å². The van der Waals surface area contributed by atoms with Gasteiger partial charge in [0.15, 0.2) is 5.82 Å². The molecule has 1 aliphatic heterocycles. The second-order valence-corrected chi connectivity index (χ2v) is 10.5. The van der Waals surface area contributed by atoms with Crippen LogP contribution in [0.15, 0.2) is 91.0 Å². The second-order valence-electron chi connectivity index (χ2n) is 9.63. The number of rotatable bonds is 7. The summed E-state index contributed by atoms with van der Waals surface area (Å²) in [6, 6.07) is 27.8. The number of carbonyl (C=O) groups excluding carboxylic acids is 2. The van der Waals surface area contributed by atoms with Crippen LogP contribution in [0.4, 0.5) is 5.82 Å². The van der Waals surface area contributed by atoms with Crippen LogP contribution in [-0.2, 0) is 11.3 Å². The van der Waals surface area contributed by atoms with Crippen LogP contribution < -0.4 is 4.90 Å². The van der Waals surface area contributed by atoms with Crippen molar-refractivity contribution in [2.75, 3.05) is 37.6 Å². The highest BCUT2D eigenvalue weighted by atomic mass is 35.5. The van der Waals surface area contributed by atoms with Gasteiger partial charge in [-0.3, -0.25) is 9.59 Å². The molecule has 0 saturated carbocycles. The third-order valence-corrected chi connectivity index (χ3v) is 7.48. The Kier molecular flexibility index (Phi) is 8.94. The summed E-state index contributed by atoms with van der Waals surface area (Å²) in [6.45, 7) is 2.83. The monoisotopic (exact) mass is 573 g/mol. The first-order valence-corrected chi connectivity index (χ1v) is 13.9. The summed E-state index contributed by atoms with van der Waals surface area (Å²) in [4.78, 5) is 32.5. The minimum atomic E-state index is -0.209. The molecule has 40 heavy (non-hydrogen) atoms. The molecule has 0 spiro atoms. The molecular weight excluding hydrogens is 545 g/mol. The maximum atomic E-state index is 13.5. The van der Waals surface area contributed by atoms with Crippen LogP contribution in [0.25, 0.3) is 11.3 Å². The number of hydrogen-bond donors (Lipinski definition) is 0. The maximum Gasteiger partial charge on any atom is 0.254 e. The Hall–Kier alpha value is -3.94. The van der Waals surface area contributed by atoms with E-state index in [9.17, 15) is 9.59 Å². The van der Waals surface area contributed by atoms with Crippen molar-refractivity contribution in [2.24, 2.45) is 0 Å². The fourth-order valence-corrected chi connectivity index (χ4v) is 5.10. The van der Waals surface area contributed by atoms with Crippen LogP contribution in [0.5, 0.6) is 0 Å². The van der Waals surface area contributed by atoms with Crippen molar-refractivity contribution in [3.63, 3.8) is 0 Å². The Balaban J connectivity index is 1.25.